The van der Waals surface area contributed by atoms with E-state index >= 15 is 0 Å². The molecule has 0 radical (unpaired) electrons. The van der Waals surface area contributed by atoms with E-state index in [1.54, 1.807) is 28.4 Å². The van der Waals surface area contributed by atoms with Gasteiger partial charge in [0.25, 0.3) is 5.91 Å². The van der Waals surface area contributed by atoms with Gasteiger partial charge in [-0.2, -0.15) is 5.10 Å². The molecule has 0 fully saturated rings. The highest BCUT2D eigenvalue weighted by Gasteiger charge is 2.15. The lowest BCUT2D eigenvalue weighted by atomic mass is 10.0. The average molecular weight is 466 g/mol. The van der Waals surface area contributed by atoms with Crippen molar-refractivity contribution in [1.82, 2.24) is 25.1 Å². The third-order valence-electron chi connectivity index (χ3n) is 4.99. The SMILES string of the molecule is Cc1cc(C(=O)NCc2cc(Cl)ccc2-n2cncn2)cc(-c2ncsc2CC(C)C)c1. The summed E-state index contributed by atoms with van der Waals surface area (Å²) in [4.78, 5) is 22.9. The Kier molecular flexibility index (Phi) is 6.67. The van der Waals surface area contributed by atoms with Gasteiger partial charge in [-0.25, -0.2) is 14.6 Å². The van der Waals surface area contributed by atoms with Crippen molar-refractivity contribution in [2.45, 2.75) is 33.7 Å². The van der Waals surface area contributed by atoms with Crippen molar-refractivity contribution >= 4 is 28.8 Å². The van der Waals surface area contributed by atoms with E-state index in [-0.39, 0.29) is 5.91 Å². The number of amides is 1. The van der Waals surface area contributed by atoms with E-state index in [1.807, 2.05) is 36.7 Å². The van der Waals surface area contributed by atoms with Crippen LogP contribution in [-0.2, 0) is 13.0 Å². The molecule has 4 aromatic rings. The van der Waals surface area contributed by atoms with Crippen LogP contribution in [0.3, 0.4) is 0 Å². The Morgan fingerprint density at radius 3 is 2.81 bits per heavy atom. The number of hydrogen-bond acceptors (Lipinski definition) is 5. The van der Waals surface area contributed by atoms with E-state index in [1.165, 1.54) is 11.2 Å². The normalized spacial score (nSPS) is 11.2. The van der Waals surface area contributed by atoms with Gasteiger partial charge in [0.15, 0.2) is 0 Å². The number of nitrogens with zero attached hydrogens (tertiary/aromatic N) is 4. The van der Waals surface area contributed by atoms with Gasteiger partial charge in [0, 0.05) is 27.6 Å². The summed E-state index contributed by atoms with van der Waals surface area (Å²) in [7, 11) is 0. The Bertz CT molecular complexity index is 1230. The molecule has 1 amide bonds. The maximum atomic E-state index is 13.0. The quantitative estimate of drug-likeness (QED) is 0.392. The second-order valence-electron chi connectivity index (χ2n) is 8.11. The van der Waals surface area contributed by atoms with E-state index in [9.17, 15) is 4.79 Å². The van der Waals surface area contributed by atoms with Crippen LogP contribution in [0.1, 0.15) is 40.2 Å². The van der Waals surface area contributed by atoms with Gasteiger partial charge in [-0.05, 0) is 66.8 Å². The third kappa shape index (κ3) is 5.06. The Balaban J connectivity index is 1.57. The summed E-state index contributed by atoms with van der Waals surface area (Å²) in [6, 6.07) is 11.4. The zero-order chi connectivity index (χ0) is 22.7. The van der Waals surface area contributed by atoms with Crippen molar-refractivity contribution < 1.29 is 4.79 Å². The highest BCUT2D eigenvalue weighted by Crippen LogP contribution is 2.29. The predicted octanol–water partition coefficient (Wildman–Crippen LogP) is 5.48. The maximum absolute atomic E-state index is 13.0. The van der Waals surface area contributed by atoms with Crippen molar-refractivity contribution in [3.63, 3.8) is 0 Å². The molecule has 4 rings (SSSR count). The summed E-state index contributed by atoms with van der Waals surface area (Å²) in [5.41, 5.74) is 7.10. The first-order valence-electron chi connectivity index (χ1n) is 10.4. The van der Waals surface area contributed by atoms with Gasteiger partial charge >= 0.3 is 0 Å². The number of thiazole rings is 1. The summed E-state index contributed by atoms with van der Waals surface area (Å²) < 4.78 is 1.65. The van der Waals surface area contributed by atoms with Crippen molar-refractivity contribution in [2.75, 3.05) is 0 Å². The lowest BCUT2D eigenvalue weighted by Gasteiger charge is -2.12. The fourth-order valence-electron chi connectivity index (χ4n) is 3.60. The predicted molar refractivity (Wildman–Crippen MR) is 128 cm³/mol. The first-order valence-corrected chi connectivity index (χ1v) is 11.6. The lowest BCUT2D eigenvalue weighted by molar-refractivity contribution is 0.0951. The van der Waals surface area contributed by atoms with Crippen molar-refractivity contribution in [3.05, 3.63) is 81.2 Å². The minimum Gasteiger partial charge on any atom is -0.348 e. The van der Waals surface area contributed by atoms with Crippen LogP contribution in [0.4, 0.5) is 0 Å². The molecule has 0 unspecified atom stereocenters. The van der Waals surface area contributed by atoms with Crippen molar-refractivity contribution in [3.8, 4) is 16.9 Å². The number of aromatic nitrogens is 4. The Morgan fingerprint density at radius 2 is 2.06 bits per heavy atom. The Labute approximate surface area is 196 Å². The number of rotatable bonds is 7. The monoisotopic (exact) mass is 465 g/mol. The summed E-state index contributed by atoms with van der Waals surface area (Å²) in [5.74, 6) is 0.388. The van der Waals surface area contributed by atoms with Crippen LogP contribution < -0.4 is 5.32 Å². The highest BCUT2D eigenvalue weighted by molar-refractivity contribution is 7.10. The number of carbonyl (C=O) groups is 1. The second-order valence-corrected chi connectivity index (χ2v) is 9.48. The molecule has 0 aliphatic carbocycles. The number of benzene rings is 2. The van der Waals surface area contributed by atoms with Gasteiger partial charge in [-0.3, -0.25) is 4.79 Å². The van der Waals surface area contributed by atoms with Gasteiger partial charge < -0.3 is 5.32 Å². The molecule has 0 saturated heterocycles. The molecule has 0 saturated carbocycles. The first-order chi connectivity index (χ1) is 15.4. The molecule has 2 heterocycles. The molecule has 2 aromatic carbocycles. The lowest BCUT2D eigenvalue weighted by Crippen LogP contribution is -2.23. The Morgan fingerprint density at radius 1 is 1.22 bits per heavy atom. The van der Waals surface area contributed by atoms with Crippen LogP contribution in [-0.4, -0.2) is 25.7 Å². The zero-order valence-electron chi connectivity index (χ0n) is 18.2. The molecule has 0 aliphatic rings. The summed E-state index contributed by atoms with van der Waals surface area (Å²) in [6.07, 6.45) is 4.05. The molecule has 6 nitrogen and oxygen atoms in total. The molecule has 0 bridgehead atoms. The fourth-order valence-corrected chi connectivity index (χ4v) is 4.79. The summed E-state index contributed by atoms with van der Waals surface area (Å²) in [6.45, 7) is 6.70. The topological polar surface area (TPSA) is 72.7 Å². The minimum atomic E-state index is -0.153. The third-order valence-corrected chi connectivity index (χ3v) is 6.08. The molecule has 8 heteroatoms. The molecule has 0 atom stereocenters. The van der Waals surface area contributed by atoms with Crippen LogP contribution in [0, 0.1) is 12.8 Å². The number of nitrogens with one attached hydrogen (secondary N) is 1. The number of hydrogen-bond donors (Lipinski definition) is 1. The standard InChI is InChI=1S/C24H24ClN5OS/c1-15(2)6-22-23(28-14-32-22)17-7-16(3)8-18(9-17)24(31)27-11-19-10-20(25)4-5-21(19)30-13-26-12-29-30/h4-5,7-10,12-15H,6,11H2,1-3H3,(H,27,31). The Hall–Kier alpha value is -3.03. The van der Waals surface area contributed by atoms with Crippen LogP contribution >= 0.6 is 22.9 Å². The van der Waals surface area contributed by atoms with Gasteiger partial charge in [-0.15, -0.1) is 11.3 Å². The molecule has 0 aliphatic heterocycles. The van der Waals surface area contributed by atoms with Crippen molar-refractivity contribution in [1.29, 1.82) is 0 Å². The average Bonchev–Trinajstić information content (AvgIpc) is 3.43. The smallest absolute Gasteiger partial charge is 0.251 e. The second kappa shape index (κ2) is 9.63. The number of aryl methyl sites for hydroxylation is 1. The minimum absolute atomic E-state index is 0.153. The highest BCUT2D eigenvalue weighted by atomic mass is 35.5. The van der Waals surface area contributed by atoms with Crippen molar-refractivity contribution in [2.24, 2.45) is 5.92 Å². The largest absolute Gasteiger partial charge is 0.348 e. The van der Waals surface area contributed by atoms with E-state index in [0.717, 1.165) is 34.5 Å². The van der Waals surface area contributed by atoms with E-state index < -0.39 is 0 Å². The van der Waals surface area contributed by atoms with Crippen LogP contribution in [0.2, 0.25) is 5.02 Å². The number of halogens is 1. The zero-order valence-corrected chi connectivity index (χ0v) is 19.7. The fraction of sp³-hybridized carbons (Fsp3) is 0.250. The first kappa shape index (κ1) is 22.2. The molecule has 0 spiro atoms. The van der Waals surface area contributed by atoms with Crippen LogP contribution in [0.25, 0.3) is 16.9 Å². The van der Waals surface area contributed by atoms with Gasteiger partial charge in [0.1, 0.15) is 12.7 Å². The molecule has 32 heavy (non-hydrogen) atoms. The molecule has 164 valence electrons. The maximum Gasteiger partial charge on any atom is 0.251 e. The van der Waals surface area contributed by atoms with Gasteiger partial charge in [0.05, 0.1) is 16.9 Å². The van der Waals surface area contributed by atoms with Gasteiger partial charge in [0.2, 0.25) is 0 Å². The van der Waals surface area contributed by atoms with E-state index in [4.69, 9.17) is 11.6 Å². The summed E-state index contributed by atoms with van der Waals surface area (Å²) in [5, 5.41) is 7.80. The molecule has 1 N–H and O–H groups in total. The number of carbonyl (C=O) groups excluding carboxylic acids is 1. The van der Waals surface area contributed by atoms with E-state index in [0.29, 0.717) is 23.0 Å². The van der Waals surface area contributed by atoms with Gasteiger partial charge in [-0.1, -0.05) is 25.4 Å². The van der Waals surface area contributed by atoms with E-state index in [2.05, 4.69) is 40.3 Å². The molecular formula is C24H24ClN5OS. The molecular weight excluding hydrogens is 442 g/mol. The van der Waals surface area contributed by atoms with Crippen LogP contribution in [0.5, 0.6) is 0 Å². The van der Waals surface area contributed by atoms with Crippen LogP contribution in [0.15, 0.2) is 54.6 Å². The molecule has 2 aromatic heterocycles. The summed E-state index contributed by atoms with van der Waals surface area (Å²) >= 11 is 7.86.